The van der Waals surface area contributed by atoms with Crippen LogP contribution in [0.5, 0.6) is 0 Å². The number of amidine groups is 1. The van der Waals surface area contributed by atoms with Crippen molar-refractivity contribution in [3.63, 3.8) is 0 Å². The van der Waals surface area contributed by atoms with Crippen molar-refractivity contribution in [3.05, 3.63) is 28.1 Å². The maximum absolute atomic E-state index is 5.61. The largest absolute Gasteiger partial charge is 0.387 e. The van der Waals surface area contributed by atoms with E-state index in [1.807, 2.05) is 6.08 Å². The van der Waals surface area contributed by atoms with Gasteiger partial charge in [0.05, 0.1) is 0 Å². The van der Waals surface area contributed by atoms with Gasteiger partial charge in [-0.3, -0.25) is 0 Å². The Hall–Kier alpha value is -1.09. The third-order valence-electron chi connectivity index (χ3n) is 1.62. The van der Waals surface area contributed by atoms with Gasteiger partial charge in [0.15, 0.2) is 0 Å². The Labute approximate surface area is 69.1 Å². The van der Waals surface area contributed by atoms with E-state index in [4.69, 9.17) is 5.73 Å². The smallest absolute Gasteiger partial charge is 0.104 e. The molecule has 0 amide bonds. The van der Waals surface area contributed by atoms with Gasteiger partial charge in [-0.05, 0) is 23.1 Å². The molecule has 2 N–H and O–H groups in total. The molecule has 0 unspecified atom stereocenters. The Kier molecular flexibility index (Phi) is 1.51. The molecule has 0 aliphatic carbocycles. The molecule has 0 atom stereocenters. The molecule has 2 heterocycles. The first kappa shape index (κ1) is 6.61. The summed E-state index contributed by atoms with van der Waals surface area (Å²) in [4.78, 5) is 5.34. The lowest BCUT2D eigenvalue weighted by Gasteiger charge is -1.94. The second kappa shape index (κ2) is 2.51. The van der Waals surface area contributed by atoms with Gasteiger partial charge in [-0.2, -0.15) is 0 Å². The van der Waals surface area contributed by atoms with Gasteiger partial charge in [0, 0.05) is 17.5 Å². The molecule has 1 aliphatic heterocycles. The molecule has 0 fully saturated rings. The molecule has 0 radical (unpaired) electrons. The molecule has 2 rings (SSSR count). The van der Waals surface area contributed by atoms with Crippen LogP contribution in [0.25, 0.3) is 6.08 Å². The fourth-order valence-electron chi connectivity index (χ4n) is 1.07. The second-order valence-electron chi connectivity index (χ2n) is 2.41. The van der Waals surface area contributed by atoms with Crippen LogP contribution in [0.2, 0.25) is 0 Å². The fourth-order valence-corrected chi connectivity index (χ4v) is 1.95. The van der Waals surface area contributed by atoms with E-state index in [-0.39, 0.29) is 0 Å². The molecular weight excluding hydrogens is 156 g/mol. The fraction of sp³-hybridized carbons (Fsp3) is 0.125. The first-order valence-corrected chi connectivity index (χ1v) is 4.29. The van der Waals surface area contributed by atoms with Crippen LogP contribution >= 0.6 is 11.3 Å². The van der Waals surface area contributed by atoms with Crippen LogP contribution in [0, 0.1) is 0 Å². The highest BCUT2D eigenvalue weighted by Gasteiger charge is 2.05. The van der Waals surface area contributed by atoms with E-state index in [9.17, 15) is 0 Å². The third kappa shape index (κ3) is 1.19. The summed E-state index contributed by atoms with van der Waals surface area (Å²) < 4.78 is 0. The molecule has 11 heavy (non-hydrogen) atoms. The Morgan fingerprint density at radius 1 is 1.55 bits per heavy atom. The Morgan fingerprint density at radius 2 is 2.45 bits per heavy atom. The monoisotopic (exact) mass is 164 g/mol. The molecule has 0 aromatic carbocycles. The molecule has 1 aromatic heterocycles. The van der Waals surface area contributed by atoms with Gasteiger partial charge in [-0.1, -0.05) is 0 Å². The van der Waals surface area contributed by atoms with Crippen molar-refractivity contribution in [3.8, 4) is 0 Å². The molecule has 0 saturated heterocycles. The number of rotatable bonds is 0. The lowest BCUT2D eigenvalue weighted by atomic mass is 10.2. The lowest BCUT2D eigenvalue weighted by molar-refractivity contribution is 1.34. The summed E-state index contributed by atoms with van der Waals surface area (Å²) in [6, 6.07) is 2.09. The average molecular weight is 164 g/mol. The van der Waals surface area contributed by atoms with E-state index < -0.39 is 0 Å². The SMILES string of the molecule is NC1=NC=Cc2ccsc2C1. The first-order valence-electron chi connectivity index (χ1n) is 3.41. The quantitative estimate of drug-likeness (QED) is 0.622. The van der Waals surface area contributed by atoms with Crippen molar-refractivity contribution in [1.82, 2.24) is 0 Å². The van der Waals surface area contributed by atoms with Crippen molar-refractivity contribution < 1.29 is 0 Å². The molecule has 56 valence electrons. The summed E-state index contributed by atoms with van der Waals surface area (Å²) in [5, 5.41) is 2.08. The number of nitrogens with two attached hydrogens (primary N) is 1. The molecule has 1 aromatic rings. The predicted octanol–water partition coefficient (Wildman–Crippen LogP) is 1.63. The highest BCUT2D eigenvalue weighted by Crippen LogP contribution is 2.20. The number of aliphatic imine (C=N–C) groups is 1. The van der Waals surface area contributed by atoms with Crippen LogP contribution in [0.3, 0.4) is 0 Å². The van der Waals surface area contributed by atoms with E-state index in [1.54, 1.807) is 17.5 Å². The lowest BCUT2D eigenvalue weighted by Crippen LogP contribution is -2.13. The normalized spacial score (nSPS) is 15.5. The molecule has 0 spiro atoms. The topological polar surface area (TPSA) is 38.4 Å². The Balaban J connectivity index is 2.47. The van der Waals surface area contributed by atoms with Gasteiger partial charge >= 0.3 is 0 Å². The molecular formula is C8H8N2S. The zero-order valence-electron chi connectivity index (χ0n) is 5.95. The van der Waals surface area contributed by atoms with Gasteiger partial charge in [-0.15, -0.1) is 11.3 Å². The molecule has 0 saturated carbocycles. The van der Waals surface area contributed by atoms with Gasteiger partial charge in [0.2, 0.25) is 0 Å². The summed E-state index contributed by atoms with van der Waals surface area (Å²) in [5.41, 5.74) is 6.86. The van der Waals surface area contributed by atoms with E-state index in [2.05, 4.69) is 16.4 Å². The van der Waals surface area contributed by atoms with Crippen molar-refractivity contribution in [1.29, 1.82) is 0 Å². The van der Waals surface area contributed by atoms with Crippen LogP contribution in [0.1, 0.15) is 10.4 Å². The van der Waals surface area contributed by atoms with Crippen LogP contribution in [-0.4, -0.2) is 5.84 Å². The highest BCUT2D eigenvalue weighted by molar-refractivity contribution is 7.10. The summed E-state index contributed by atoms with van der Waals surface area (Å²) in [6.07, 6.45) is 4.54. The van der Waals surface area contributed by atoms with Crippen LogP contribution < -0.4 is 5.73 Å². The average Bonchev–Trinajstić information content (AvgIpc) is 2.31. The van der Waals surface area contributed by atoms with E-state index >= 15 is 0 Å². The van der Waals surface area contributed by atoms with Crippen LogP contribution in [0.15, 0.2) is 22.6 Å². The van der Waals surface area contributed by atoms with Crippen molar-refractivity contribution >= 4 is 23.2 Å². The summed E-state index contributed by atoms with van der Waals surface area (Å²) in [5.74, 6) is 0.697. The molecule has 3 heteroatoms. The number of hydrogen-bond donors (Lipinski definition) is 1. The van der Waals surface area contributed by atoms with Gasteiger partial charge in [-0.25, -0.2) is 4.99 Å². The first-order chi connectivity index (χ1) is 5.36. The van der Waals surface area contributed by atoms with Gasteiger partial charge in [0.1, 0.15) is 5.84 Å². The number of fused-ring (bicyclic) bond motifs is 1. The Bertz CT molecular complexity index is 323. The summed E-state index contributed by atoms with van der Waals surface area (Å²) in [7, 11) is 0. The van der Waals surface area contributed by atoms with E-state index in [0.29, 0.717) is 5.84 Å². The molecule has 2 nitrogen and oxygen atoms in total. The standard InChI is InChI=1S/C8H8N2S/c9-8-5-7-6(1-3-10-8)2-4-11-7/h1-4H,5H2,(H2,9,10). The number of nitrogens with zero attached hydrogens (tertiary/aromatic N) is 1. The number of hydrogen-bond acceptors (Lipinski definition) is 3. The maximum Gasteiger partial charge on any atom is 0.104 e. The number of thiophene rings is 1. The van der Waals surface area contributed by atoms with Crippen LogP contribution in [0.4, 0.5) is 0 Å². The highest BCUT2D eigenvalue weighted by atomic mass is 32.1. The van der Waals surface area contributed by atoms with Crippen molar-refractivity contribution in [2.45, 2.75) is 6.42 Å². The summed E-state index contributed by atoms with van der Waals surface area (Å²) >= 11 is 1.73. The van der Waals surface area contributed by atoms with Gasteiger partial charge < -0.3 is 5.73 Å². The third-order valence-corrected chi connectivity index (χ3v) is 2.55. The summed E-state index contributed by atoms with van der Waals surface area (Å²) in [6.45, 7) is 0. The van der Waals surface area contributed by atoms with Crippen LogP contribution in [-0.2, 0) is 6.42 Å². The zero-order chi connectivity index (χ0) is 7.68. The Morgan fingerprint density at radius 3 is 3.36 bits per heavy atom. The zero-order valence-corrected chi connectivity index (χ0v) is 6.77. The van der Waals surface area contributed by atoms with Crippen molar-refractivity contribution in [2.24, 2.45) is 10.7 Å². The maximum atomic E-state index is 5.61. The second-order valence-corrected chi connectivity index (χ2v) is 3.41. The minimum absolute atomic E-state index is 0.697. The minimum Gasteiger partial charge on any atom is -0.387 e. The predicted molar refractivity (Wildman–Crippen MR) is 48.7 cm³/mol. The van der Waals surface area contributed by atoms with E-state index in [0.717, 1.165) is 6.42 Å². The molecule has 1 aliphatic rings. The molecule has 0 bridgehead atoms. The van der Waals surface area contributed by atoms with Gasteiger partial charge in [0.25, 0.3) is 0 Å². The minimum atomic E-state index is 0.697. The van der Waals surface area contributed by atoms with Crippen molar-refractivity contribution in [2.75, 3.05) is 0 Å². The van der Waals surface area contributed by atoms with E-state index in [1.165, 1.54) is 10.4 Å².